The Hall–Kier alpha value is -2.57. The fourth-order valence-electron chi connectivity index (χ4n) is 5.14. The Morgan fingerprint density at radius 3 is 2.28 bits per heavy atom. The first kappa shape index (κ1) is 21.3. The van der Waals surface area contributed by atoms with Crippen LogP contribution in [0.1, 0.15) is 24.0 Å². The highest BCUT2D eigenvalue weighted by Crippen LogP contribution is 2.33. The summed E-state index contributed by atoms with van der Waals surface area (Å²) in [5.41, 5.74) is 6.31. The van der Waals surface area contributed by atoms with Crippen LogP contribution in [-0.2, 0) is 16.0 Å². The predicted molar refractivity (Wildman–Crippen MR) is 130 cm³/mol. The van der Waals surface area contributed by atoms with E-state index < -0.39 is 0 Å². The summed E-state index contributed by atoms with van der Waals surface area (Å²) in [6.45, 7) is 8.50. The average molecular weight is 435 g/mol. The number of nitrogens with zero attached hydrogens (tertiary/aromatic N) is 4. The van der Waals surface area contributed by atoms with Gasteiger partial charge in [0.25, 0.3) is 0 Å². The van der Waals surface area contributed by atoms with E-state index in [0.717, 1.165) is 77.6 Å². The molecular weight excluding hydrogens is 400 g/mol. The summed E-state index contributed by atoms with van der Waals surface area (Å²) in [6, 6.07) is 15.4. The van der Waals surface area contributed by atoms with Gasteiger partial charge in [0.1, 0.15) is 0 Å². The second-order valence-electron chi connectivity index (χ2n) is 9.16. The molecule has 0 aromatic heterocycles. The molecule has 0 saturated carbocycles. The highest BCUT2D eigenvalue weighted by molar-refractivity contribution is 5.95. The summed E-state index contributed by atoms with van der Waals surface area (Å²) in [7, 11) is 2.20. The fraction of sp³-hybridized carbons (Fsp3) is 0.500. The minimum atomic E-state index is 0.243. The molecule has 3 saturated heterocycles. The molecule has 3 aliphatic rings. The van der Waals surface area contributed by atoms with Crippen LogP contribution in [0.25, 0.3) is 0 Å². The number of likely N-dealkylation sites (N-methyl/N-ethyl adjacent to an activating group) is 1. The van der Waals surface area contributed by atoms with Crippen molar-refractivity contribution >= 4 is 23.0 Å². The van der Waals surface area contributed by atoms with Crippen LogP contribution in [0.2, 0.25) is 0 Å². The molecule has 0 spiro atoms. The van der Waals surface area contributed by atoms with E-state index in [2.05, 4.69) is 64.2 Å². The van der Waals surface area contributed by atoms with Crippen molar-refractivity contribution in [1.82, 2.24) is 4.90 Å². The Morgan fingerprint density at radius 2 is 1.53 bits per heavy atom. The van der Waals surface area contributed by atoms with Gasteiger partial charge in [-0.3, -0.25) is 4.79 Å². The molecule has 0 N–H and O–H groups in total. The molecular formula is C26H34N4O2. The van der Waals surface area contributed by atoms with Crippen molar-refractivity contribution in [3.63, 3.8) is 0 Å². The zero-order valence-corrected chi connectivity index (χ0v) is 19.1. The second-order valence-corrected chi connectivity index (χ2v) is 9.16. The van der Waals surface area contributed by atoms with Crippen LogP contribution in [-0.4, -0.2) is 76.9 Å². The van der Waals surface area contributed by atoms with Gasteiger partial charge >= 0.3 is 0 Å². The molecule has 1 amide bonds. The number of ether oxygens (including phenoxy) is 1. The third-order valence-electron chi connectivity index (χ3n) is 7.02. The molecule has 0 aliphatic carbocycles. The monoisotopic (exact) mass is 434 g/mol. The van der Waals surface area contributed by atoms with E-state index in [1.54, 1.807) is 0 Å². The average Bonchev–Trinajstić information content (AvgIpc) is 3.26. The number of anilines is 3. The second kappa shape index (κ2) is 9.51. The first-order valence-corrected chi connectivity index (χ1v) is 12.0. The molecule has 2 aromatic carbocycles. The number of rotatable bonds is 5. The topological polar surface area (TPSA) is 39.3 Å². The lowest BCUT2D eigenvalue weighted by molar-refractivity contribution is -0.117. The first-order chi connectivity index (χ1) is 15.7. The normalized spacial score (nSPS) is 20.3. The van der Waals surface area contributed by atoms with E-state index in [1.165, 1.54) is 22.5 Å². The van der Waals surface area contributed by atoms with Crippen molar-refractivity contribution in [3.05, 3.63) is 53.6 Å². The molecule has 3 heterocycles. The molecule has 6 nitrogen and oxygen atoms in total. The largest absolute Gasteiger partial charge is 0.378 e. The van der Waals surface area contributed by atoms with Gasteiger partial charge in [-0.25, -0.2) is 0 Å². The molecule has 0 bridgehead atoms. The Bertz CT molecular complexity index is 949. The van der Waals surface area contributed by atoms with Gasteiger partial charge in [0.05, 0.1) is 13.2 Å². The maximum absolute atomic E-state index is 12.4. The number of carbonyl (C=O) groups is 1. The van der Waals surface area contributed by atoms with E-state index >= 15 is 0 Å². The fourth-order valence-corrected chi connectivity index (χ4v) is 5.14. The van der Waals surface area contributed by atoms with Crippen LogP contribution in [0.15, 0.2) is 42.5 Å². The highest BCUT2D eigenvalue weighted by Gasteiger charge is 2.24. The van der Waals surface area contributed by atoms with Crippen LogP contribution < -0.4 is 14.7 Å². The molecule has 5 rings (SSSR count). The smallest absolute Gasteiger partial charge is 0.227 e. The zero-order valence-electron chi connectivity index (χ0n) is 19.1. The van der Waals surface area contributed by atoms with Gasteiger partial charge in [0.2, 0.25) is 5.91 Å². The van der Waals surface area contributed by atoms with Crippen molar-refractivity contribution in [2.75, 3.05) is 80.8 Å². The van der Waals surface area contributed by atoms with Gasteiger partial charge in [-0.15, -0.1) is 0 Å². The number of amides is 1. The van der Waals surface area contributed by atoms with Crippen LogP contribution in [0.3, 0.4) is 0 Å². The van der Waals surface area contributed by atoms with E-state index in [1.807, 2.05) is 4.90 Å². The van der Waals surface area contributed by atoms with Crippen molar-refractivity contribution in [1.29, 1.82) is 0 Å². The molecule has 3 aliphatic heterocycles. The van der Waals surface area contributed by atoms with Crippen molar-refractivity contribution in [3.8, 4) is 0 Å². The Morgan fingerprint density at radius 1 is 0.812 bits per heavy atom. The van der Waals surface area contributed by atoms with Gasteiger partial charge in [0, 0.05) is 75.7 Å². The summed E-state index contributed by atoms with van der Waals surface area (Å²) in [6.07, 6.45) is 2.48. The van der Waals surface area contributed by atoms with E-state index in [-0.39, 0.29) is 5.91 Å². The van der Waals surface area contributed by atoms with Gasteiger partial charge in [-0.1, -0.05) is 18.2 Å². The summed E-state index contributed by atoms with van der Waals surface area (Å²) >= 11 is 0. The SMILES string of the molecule is CN1CCN(c2ccccc2Cc2cc(N3CCCC3=O)ccc2N2CCOCC2)CC1. The number of benzene rings is 2. The van der Waals surface area contributed by atoms with Crippen molar-refractivity contribution in [2.45, 2.75) is 19.3 Å². The number of hydrogen-bond donors (Lipinski definition) is 0. The van der Waals surface area contributed by atoms with E-state index in [4.69, 9.17) is 4.74 Å². The molecule has 6 heteroatoms. The lowest BCUT2D eigenvalue weighted by Crippen LogP contribution is -2.44. The number of carbonyl (C=O) groups excluding carboxylic acids is 1. The van der Waals surface area contributed by atoms with Gasteiger partial charge < -0.3 is 24.3 Å². The van der Waals surface area contributed by atoms with Crippen molar-refractivity contribution < 1.29 is 9.53 Å². The summed E-state index contributed by atoms with van der Waals surface area (Å²) < 4.78 is 5.60. The molecule has 0 unspecified atom stereocenters. The Labute approximate surface area is 191 Å². The maximum Gasteiger partial charge on any atom is 0.227 e. The van der Waals surface area contributed by atoms with E-state index in [0.29, 0.717) is 6.42 Å². The molecule has 0 atom stereocenters. The lowest BCUT2D eigenvalue weighted by atomic mass is 9.99. The van der Waals surface area contributed by atoms with Gasteiger partial charge in [0.15, 0.2) is 0 Å². The Balaban J connectivity index is 1.48. The minimum absolute atomic E-state index is 0.243. The summed E-state index contributed by atoms with van der Waals surface area (Å²) in [4.78, 5) is 21.7. The molecule has 3 fully saturated rings. The van der Waals surface area contributed by atoms with Crippen LogP contribution in [0.5, 0.6) is 0 Å². The van der Waals surface area contributed by atoms with E-state index in [9.17, 15) is 4.79 Å². The number of piperazine rings is 1. The van der Waals surface area contributed by atoms with Crippen LogP contribution in [0.4, 0.5) is 17.1 Å². The molecule has 32 heavy (non-hydrogen) atoms. The van der Waals surface area contributed by atoms with Crippen LogP contribution >= 0.6 is 0 Å². The third-order valence-corrected chi connectivity index (χ3v) is 7.02. The highest BCUT2D eigenvalue weighted by atomic mass is 16.5. The van der Waals surface area contributed by atoms with Crippen LogP contribution in [0, 0.1) is 0 Å². The first-order valence-electron chi connectivity index (χ1n) is 12.0. The third kappa shape index (κ3) is 4.48. The number of hydrogen-bond acceptors (Lipinski definition) is 5. The van der Waals surface area contributed by atoms with Gasteiger partial charge in [-0.05, 0) is 48.9 Å². The number of morpholine rings is 1. The zero-order chi connectivity index (χ0) is 21.9. The standard InChI is InChI=1S/C26H34N4O2/c1-27-11-13-28(14-12-27)24-6-3-2-5-21(24)19-22-20-23(30-10-4-7-26(30)31)8-9-25(22)29-15-17-32-18-16-29/h2-3,5-6,8-9,20H,4,7,10-19H2,1H3. The quantitative estimate of drug-likeness (QED) is 0.724. The summed E-state index contributed by atoms with van der Waals surface area (Å²) in [5, 5.41) is 0. The Kier molecular flexibility index (Phi) is 6.32. The maximum atomic E-state index is 12.4. The molecule has 0 radical (unpaired) electrons. The van der Waals surface area contributed by atoms with Gasteiger partial charge in [-0.2, -0.15) is 0 Å². The minimum Gasteiger partial charge on any atom is -0.378 e. The predicted octanol–water partition coefficient (Wildman–Crippen LogP) is 2.99. The molecule has 170 valence electrons. The number of para-hydroxylation sites is 1. The lowest BCUT2D eigenvalue weighted by Gasteiger charge is -2.35. The summed E-state index contributed by atoms with van der Waals surface area (Å²) in [5.74, 6) is 0.243. The molecule has 2 aromatic rings. The van der Waals surface area contributed by atoms with Crippen molar-refractivity contribution in [2.24, 2.45) is 0 Å².